The Morgan fingerprint density at radius 1 is 1.33 bits per heavy atom. The van der Waals surface area contributed by atoms with Gasteiger partial charge in [0.05, 0.1) is 21.1 Å². The molecule has 0 bridgehead atoms. The van der Waals surface area contributed by atoms with Crippen molar-refractivity contribution in [1.29, 1.82) is 0 Å². The third-order valence-corrected chi connectivity index (χ3v) is 1.07. The van der Waals surface area contributed by atoms with Crippen LogP contribution < -0.4 is 12.4 Å². The van der Waals surface area contributed by atoms with Crippen molar-refractivity contribution in [3.63, 3.8) is 0 Å². The second kappa shape index (κ2) is 8.57. The molecule has 0 atom stereocenters. The first-order chi connectivity index (χ1) is 4.42. The third kappa shape index (κ3) is 17.2. The normalized spacial score (nSPS) is 9.33. The molecule has 0 spiro atoms. The van der Waals surface area contributed by atoms with Crippen LogP contribution in [0.2, 0.25) is 0 Å². The number of esters is 1. The van der Waals surface area contributed by atoms with E-state index in [1.54, 1.807) is 0 Å². The fourth-order valence-electron chi connectivity index (χ4n) is 0.463. The Morgan fingerprint density at radius 3 is 2.00 bits per heavy atom. The molecule has 0 heterocycles. The monoisotopic (exact) mass is 223 g/mol. The first kappa shape index (κ1) is 18.7. The Hall–Kier alpha value is 0.980. The average molecular weight is 224 g/mol. The van der Waals surface area contributed by atoms with Gasteiger partial charge < -0.3 is 21.6 Å². The summed E-state index contributed by atoms with van der Waals surface area (Å²) in [6, 6.07) is 0. The number of halogens is 1. The molecule has 0 amide bonds. The summed E-state index contributed by atoms with van der Waals surface area (Å²) >= 11 is 0. The molecule has 5 heteroatoms. The van der Waals surface area contributed by atoms with Gasteiger partial charge in [0.1, 0.15) is 13.2 Å². The molecule has 0 aliphatic heterocycles. The van der Waals surface area contributed by atoms with E-state index in [1.165, 1.54) is 6.92 Å². The van der Waals surface area contributed by atoms with Crippen LogP contribution in [0, 0.1) is 0 Å². The second-order valence-corrected chi connectivity index (χ2v) is 3.35. The van der Waals surface area contributed by atoms with E-state index in [2.05, 4.69) is 21.1 Å². The quantitative estimate of drug-likeness (QED) is 0.280. The first-order valence-electron chi connectivity index (χ1n) is 3.35. The van der Waals surface area contributed by atoms with Gasteiger partial charge in [-0.2, -0.15) is 0 Å². The van der Waals surface area contributed by atoms with Crippen LogP contribution in [-0.2, 0) is 9.53 Å². The van der Waals surface area contributed by atoms with Crippen molar-refractivity contribution in [2.75, 3.05) is 34.3 Å². The molecule has 0 fully saturated rings. The summed E-state index contributed by atoms with van der Waals surface area (Å²) in [6.07, 6.45) is 0. The zero-order valence-electron chi connectivity index (χ0n) is 7.56. The number of hydrogen-bond donors (Lipinski definition) is 0. The van der Waals surface area contributed by atoms with Crippen LogP contribution in [0.5, 0.6) is 0 Å². The molecule has 12 heavy (non-hydrogen) atoms. The molecule has 0 N–H and O–H groups in total. The Bertz CT molecular complexity index is 125. The zero-order chi connectivity index (χ0) is 8.20. The van der Waals surface area contributed by atoms with Crippen LogP contribution in [0.3, 0.4) is 0 Å². The van der Waals surface area contributed by atoms with Gasteiger partial charge in [0.15, 0.2) is 0 Å². The molecule has 0 radical (unpaired) electrons. The topological polar surface area (TPSA) is 26.3 Å². The molecule has 0 aliphatic rings. The largest absolute Gasteiger partial charge is 1.00 e. The fraction of sp³-hybridized carbons (Fsp3) is 0.857. The number of carbonyl (C=O) groups excluding carboxylic acids is 1. The maximum Gasteiger partial charge on any atom is -1.00 e. The Kier molecular flexibility index (Phi) is 13.4. The molecule has 0 unspecified atom stereocenters. The van der Waals surface area contributed by atoms with Gasteiger partial charge in [-0.25, -0.2) is 0 Å². The van der Waals surface area contributed by atoms with E-state index in [-0.39, 0.29) is 56.1 Å². The van der Waals surface area contributed by atoms with E-state index >= 15 is 0 Å². The molecular formula is C7H18CaClNO2. The van der Waals surface area contributed by atoms with Crippen LogP contribution in [-0.4, -0.2) is 82.5 Å². The van der Waals surface area contributed by atoms with Crippen LogP contribution in [0.1, 0.15) is 6.92 Å². The van der Waals surface area contributed by atoms with Crippen LogP contribution >= 0.6 is 0 Å². The number of carbonyl (C=O) groups is 1. The van der Waals surface area contributed by atoms with Crippen molar-refractivity contribution in [2.24, 2.45) is 0 Å². The summed E-state index contributed by atoms with van der Waals surface area (Å²) in [4.78, 5) is 10.3. The number of likely N-dealkylation sites (N-methyl/N-ethyl adjacent to an activating group) is 1. The predicted octanol–water partition coefficient (Wildman–Crippen LogP) is -3.66. The van der Waals surface area contributed by atoms with Gasteiger partial charge in [0.25, 0.3) is 0 Å². The minimum absolute atomic E-state index is 0. The van der Waals surface area contributed by atoms with Crippen molar-refractivity contribution < 1.29 is 26.4 Å². The van der Waals surface area contributed by atoms with E-state index in [9.17, 15) is 4.79 Å². The number of ether oxygens (including phenoxy) is 1. The minimum atomic E-state index is -0.201. The predicted molar refractivity (Wildman–Crippen MR) is 48.1 cm³/mol. The van der Waals surface area contributed by atoms with Crippen molar-refractivity contribution in [2.45, 2.75) is 6.92 Å². The summed E-state index contributed by atoms with van der Waals surface area (Å²) in [5, 5.41) is 0. The van der Waals surface area contributed by atoms with Gasteiger partial charge in [-0.05, 0) is 0 Å². The molecule has 0 aromatic carbocycles. The van der Waals surface area contributed by atoms with Crippen molar-refractivity contribution in [1.82, 2.24) is 0 Å². The Labute approximate surface area is 110 Å². The maximum absolute atomic E-state index is 10.3. The van der Waals surface area contributed by atoms with E-state index in [1.807, 2.05) is 0 Å². The molecule has 0 aromatic rings. The van der Waals surface area contributed by atoms with E-state index < -0.39 is 0 Å². The van der Waals surface area contributed by atoms with Crippen LogP contribution in [0.25, 0.3) is 0 Å². The Balaban J connectivity index is -0.000000405. The van der Waals surface area contributed by atoms with Gasteiger partial charge in [-0.1, -0.05) is 0 Å². The summed E-state index contributed by atoms with van der Waals surface area (Å²) < 4.78 is 5.59. The summed E-state index contributed by atoms with van der Waals surface area (Å²) in [5.41, 5.74) is 0. The average Bonchev–Trinajstić information content (AvgIpc) is 1.59. The van der Waals surface area contributed by atoms with Crippen LogP contribution in [0.15, 0.2) is 0 Å². The number of quaternary nitrogens is 1. The fourth-order valence-corrected chi connectivity index (χ4v) is 0.463. The van der Waals surface area contributed by atoms with Gasteiger partial charge in [-0.15, -0.1) is 0 Å². The summed E-state index contributed by atoms with van der Waals surface area (Å²) in [6.45, 7) is 2.80. The van der Waals surface area contributed by atoms with Gasteiger partial charge in [-0.3, -0.25) is 4.79 Å². The van der Waals surface area contributed by atoms with Crippen molar-refractivity contribution in [3.05, 3.63) is 0 Å². The molecule has 72 valence electrons. The zero-order valence-corrected chi connectivity index (χ0v) is 8.31. The summed E-state index contributed by atoms with van der Waals surface area (Å²) in [7, 11) is 6.18. The molecule has 0 aromatic heterocycles. The SMILES string of the molecule is CC(=O)OCC[N+](C)(C)C.[CaH2].[Cl-]. The maximum atomic E-state index is 10.3. The minimum Gasteiger partial charge on any atom is -1.00 e. The number of hydrogen-bond acceptors (Lipinski definition) is 2. The second-order valence-electron chi connectivity index (χ2n) is 3.35. The molecule has 3 nitrogen and oxygen atoms in total. The number of nitrogens with zero attached hydrogens (tertiary/aromatic N) is 1. The smallest absolute Gasteiger partial charge is 1.00 e. The van der Waals surface area contributed by atoms with E-state index in [0.717, 1.165) is 11.0 Å². The standard InChI is InChI=1S/C7H16NO2.Ca.ClH.2H/c1-7(9)10-6-5-8(2,3)4;;;;/h5-6H2,1-4H3;;1H;;/q+1;;;;/p-1. The number of rotatable bonds is 3. The van der Waals surface area contributed by atoms with Crippen molar-refractivity contribution >= 4 is 43.7 Å². The van der Waals surface area contributed by atoms with E-state index in [4.69, 9.17) is 4.74 Å². The first-order valence-corrected chi connectivity index (χ1v) is 3.35. The van der Waals surface area contributed by atoms with Crippen molar-refractivity contribution in [3.8, 4) is 0 Å². The van der Waals surface area contributed by atoms with Gasteiger partial charge >= 0.3 is 43.7 Å². The Morgan fingerprint density at radius 2 is 1.75 bits per heavy atom. The molecule has 0 saturated heterocycles. The third-order valence-electron chi connectivity index (χ3n) is 1.07. The van der Waals surface area contributed by atoms with Gasteiger partial charge in [0.2, 0.25) is 0 Å². The van der Waals surface area contributed by atoms with Gasteiger partial charge in [0, 0.05) is 6.92 Å². The van der Waals surface area contributed by atoms with E-state index in [0.29, 0.717) is 6.61 Å². The molecular weight excluding hydrogens is 206 g/mol. The molecule has 0 rings (SSSR count). The molecule has 0 saturated carbocycles. The molecule has 0 aliphatic carbocycles. The summed E-state index contributed by atoms with van der Waals surface area (Å²) in [5.74, 6) is -0.201. The van der Waals surface area contributed by atoms with Crippen LogP contribution in [0.4, 0.5) is 0 Å².